The summed E-state index contributed by atoms with van der Waals surface area (Å²) in [5, 5.41) is 3.11. The molecular weight excluding hydrogens is 278 g/mol. The van der Waals surface area contributed by atoms with E-state index >= 15 is 0 Å². The van der Waals surface area contributed by atoms with Gasteiger partial charge in [-0.05, 0) is 24.6 Å². The highest BCUT2D eigenvalue weighted by atomic mass is 32.1. The summed E-state index contributed by atoms with van der Waals surface area (Å²) in [7, 11) is 0. The summed E-state index contributed by atoms with van der Waals surface area (Å²) in [5.41, 5.74) is 8.48. The minimum atomic E-state index is -0.592. The summed E-state index contributed by atoms with van der Waals surface area (Å²) < 4.78 is 26.4. The maximum atomic E-state index is 13.6. The summed E-state index contributed by atoms with van der Waals surface area (Å²) in [6.45, 7) is 2.14. The number of rotatable bonds is 4. The molecule has 104 valence electrons. The van der Waals surface area contributed by atoms with Crippen LogP contribution in [0.15, 0.2) is 36.4 Å². The lowest BCUT2D eigenvalue weighted by Crippen LogP contribution is -2.14. The molecule has 2 nitrogen and oxygen atoms in total. The van der Waals surface area contributed by atoms with Crippen LogP contribution in [-0.4, -0.2) is 4.99 Å². The molecule has 0 saturated heterocycles. The van der Waals surface area contributed by atoms with Crippen LogP contribution in [0.2, 0.25) is 0 Å². The number of halogens is 2. The lowest BCUT2D eigenvalue weighted by molar-refractivity contribution is 0.574. The van der Waals surface area contributed by atoms with E-state index in [0.717, 1.165) is 17.3 Å². The molecule has 3 N–H and O–H groups in total. The Balaban J connectivity index is 2.25. The molecule has 0 aliphatic rings. The highest BCUT2D eigenvalue weighted by Crippen LogP contribution is 2.22. The molecule has 2 aromatic carbocycles. The Bertz CT molecular complexity index is 656. The Hall–Kier alpha value is -2.01. The van der Waals surface area contributed by atoms with Gasteiger partial charge in [0.25, 0.3) is 0 Å². The Kier molecular flexibility index (Phi) is 4.29. The van der Waals surface area contributed by atoms with Gasteiger partial charge in [-0.3, -0.25) is 0 Å². The molecule has 0 aliphatic heterocycles. The van der Waals surface area contributed by atoms with Gasteiger partial charge < -0.3 is 11.1 Å². The number of hydrogen-bond donors (Lipinski definition) is 2. The van der Waals surface area contributed by atoms with Crippen molar-refractivity contribution in [3.8, 4) is 0 Å². The SMILES string of the molecule is Cc1cccc(C(N)=S)c1NCc1ccc(F)cc1F. The number of benzene rings is 2. The topological polar surface area (TPSA) is 38.0 Å². The summed E-state index contributed by atoms with van der Waals surface area (Å²) in [4.78, 5) is 0.274. The highest BCUT2D eigenvalue weighted by molar-refractivity contribution is 7.80. The van der Waals surface area contributed by atoms with Crippen LogP contribution in [0.25, 0.3) is 0 Å². The number of anilines is 1. The van der Waals surface area contributed by atoms with Crippen LogP contribution in [0.3, 0.4) is 0 Å². The smallest absolute Gasteiger partial charge is 0.131 e. The van der Waals surface area contributed by atoms with Gasteiger partial charge in [-0.15, -0.1) is 0 Å². The average Bonchev–Trinajstić information content (AvgIpc) is 2.38. The first-order valence-electron chi connectivity index (χ1n) is 6.06. The van der Waals surface area contributed by atoms with Crippen LogP contribution in [0.5, 0.6) is 0 Å². The zero-order valence-electron chi connectivity index (χ0n) is 10.9. The second-order valence-corrected chi connectivity index (χ2v) is 4.89. The summed E-state index contributed by atoms with van der Waals surface area (Å²) in [5.74, 6) is -1.17. The normalized spacial score (nSPS) is 10.3. The van der Waals surface area contributed by atoms with Crippen molar-refractivity contribution in [2.45, 2.75) is 13.5 Å². The summed E-state index contributed by atoms with van der Waals surface area (Å²) in [6, 6.07) is 9.07. The van der Waals surface area contributed by atoms with Crippen LogP contribution in [-0.2, 0) is 6.54 Å². The third kappa shape index (κ3) is 3.11. The van der Waals surface area contributed by atoms with E-state index in [4.69, 9.17) is 18.0 Å². The molecule has 0 amide bonds. The first kappa shape index (κ1) is 14.4. The van der Waals surface area contributed by atoms with Gasteiger partial charge in [0.15, 0.2) is 0 Å². The van der Waals surface area contributed by atoms with Crippen molar-refractivity contribution >= 4 is 22.9 Å². The lowest BCUT2D eigenvalue weighted by Gasteiger charge is -2.14. The average molecular weight is 292 g/mol. The molecule has 0 aliphatic carbocycles. The van der Waals surface area contributed by atoms with Crippen molar-refractivity contribution in [2.75, 3.05) is 5.32 Å². The van der Waals surface area contributed by atoms with Gasteiger partial charge >= 0.3 is 0 Å². The second-order valence-electron chi connectivity index (χ2n) is 4.45. The monoisotopic (exact) mass is 292 g/mol. The Morgan fingerprint density at radius 3 is 2.65 bits per heavy atom. The molecule has 2 aromatic rings. The number of para-hydroxylation sites is 1. The molecule has 0 atom stereocenters. The van der Waals surface area contributed by atoms with Gasteiger partial charge in [-0.25, -0.2) is 8.78 Å². The van der Waals surface area contributed by atoms with Crippen molar-refractivity contribution in [3.05, 3.63) is 64.7 Å². The van der Waals surface area contributed by atoms with Gasteiger partial charge in [0, 0.05) is 29.4 Å². The van der Waals surface area contributed by atoms with E-state index in [1.54, 1.807) is 6.07 Å². The third-order valence-electron chi connectivity index (χ3n) is 3.01. The van der Waals surface area contributed by atoms with Crippen molar-refractivity contribution in [1.82, 2.24) is 0 Å². The Labute approximate surface area is 121 Å². The molecule has 20 heavy (non-hydrogen) atoms. The largest absolute Gasteiger partial charge is 0.389 e. The van der Waals surface area contributed by atoms with Crippen LogP contribution >= 0.6 is 12.2 Å². The molecule has 2 rings (SSSR count). The molecule has 0 radical (unpaired) electrons. The fraction of sp³-hybridized carbons (Fsp3) is 0.133. The molecular formula is C15H14F2N2S. The minimum absolute atomic E-state index is 0.229. The standard InChI is InChI=1S/C15H14F2N2S/c1-9-3-2-4-12(15(18)20)14(9)19-8-10-5-6-11(16)7-13(10)17/h2-7,19H,8H2,1H3,(H2,18,20). The van der Waals surface area contributed by atoms with Crippen LogP contribution < -0.4 is 11.1 Å². The molecule has 0 heterocycles. The van der Waals surface area contributed by atoms with Crippen molar-refractivity contribution in [2.24, 2.45) is 5.73 Å². The molecule has 0 spiro atoms. The molecule has 0 fully saturated rings. The number of aryl methyl sites for hydroxylation is 1. The van der Waals surface area contributed by atoms with Gasteiger partial charge in [0.05, 0.1) is 0 Å². The van der Waals surface area contributed by atoms with E-state index in [2.05, 4.69) is 5.32 Å². The van der Waals surface area contributed by atoms with Gasteiger partial charge in [0.1, 0.15) is 16.6 Å². The maximum absolute atomic E-state index is 13.6. The summed E-state index contributed by atoms with van der Waals surface area (Å²) in [6.07, 6.45) is 0. The lowest BCUT2D eigenvalue weighted by atomic mass is 10.1. The quantitative estimate of drug-likeness (QED) is 0.847. The fourth-order valence-electron chi connectivity index (χ4n) is 1.96. The predicted octanol–water partition coefficient (Wildman–Crippen LogP) is 3.52. The number of thiocarbonyl (C=S) groups is 1. The van der Waals surface area contributed by atoms with E-state index < -0.39 is 11.6 Å². The predicted molar refractivity (Wildman–Crippen MR) is 80.8 cm³/mol. The first-order valence-corrected chi connectivity index (χ1v) is 6.47. The van der Waals surface area contributed by atoms with Gasteiger partial charge in [-0.1, -0.05) is 30.4 Å². The Morgan fingerprint density at radius 2 is 2.00 bits per heavy atom. The van der Waals surface area contributed by atoms with Gasteiger partial charge in [-0.2, -0.15) is 0 Å². The molecule has 0 bridgehead atoms. The number of nitrogens with two attached hydrogens (primary N) is 1. The maximum Gasteiger partial charge on any atom is 0.131 e. The van der Waals surface area contributed by atoms with E-state index in [1.807, 2.05) is 19.1 Å². The molecule has 5 heteroatoms. The zero-order chi connectivity index (χ0) is 14.7. The highest BCUT2D eigenvalue weighted by Gasteiger charge is 2.09. The van der Waals surface area contributed by atoms with E-state index in [9.17, 15) is 8.78 Å². The Morgan fingerprint density at radius 1 is 1.25 bits per heavy atom. The van der Waals surface area contributed by atoms with Gasteiger partial charge in [0.2, 0.25) is 0 Å². The zero-order valence-corrected chi connectivity index (χ0v) is 11.7. The molecule has 0 unspecified atom stereocenters. The molecule has 0 aromatic heterocycles. The third-order valence-corrected chi connectivity index (χ3v) is 3.23. The van der Waals surface area contributed by atoms with E-state index in [1.165, 1.54) is 12.1 Å². The number of nitrogens with one attached hydrogen (secondary N) is 1. The van der Waals surface area contributed by atoms with E-state index in [0.29, 0.717) is 11.1 Å². The van der Waals surface area contributed by atoms with Crippen LogP contribution in [0, 0.1) is 18.6 Å². The van der Waals surface area contributed by atoms with Crippen molar-refractivity contribution in [1.29, 1.82) is 0 Å². The second kappa shape index (κ2) is 5.96. The fourth-order valence-corrected chi connectivity index (χ4v) is 2.13. The minimum Gasteiger partial charge on any atom is -0.389 e. The molecule has 0 saturated carbocycles. The van der Waals surface area contributed by atoms with Crippen molar-refractivity contribution in [3.63, 3.8) is 0 Å². The first-order chi connectivity index (χ1) is 9.49. The summed E-state index contributed by atoms with van der Waals surface area (Å²) >= 11 is 5.00. The van der Waals surface area contributed by atoms with E-state index in [-0.39, 0.29) is 11.5 Å². The number of hydrogen-bond acceptors (Lipinski definition) is 2. The van der Waals surface area contributed by atoms with Crippen molar-refractivity contribution < 1.29 is 8.78 Å². The van der Waals surface area contributed by atoms with Crippen LogP contribution in [0.4, 0.5) is 14.5 Å². The van der Waals surface area contributed by atoms with Crippen LogP contribution in [0.1, 0.15) is 16.7 Å².